The van der Waals surface area contributed by atoms with Crippen molar-refractivity contribution in [2.75, 3.05) is 18.5 Å². The van der Waals surface area contributed by atoms with E-state index in [1.807, 2.05) is 60.1 Å². The number of ether oxygens (including phenoxy) is 2. The van der Waals surface area contributed by atoms with Gasteiger partial charge in [0.1, 0.15) is 18.1 Å². The molecule has 2 aromatic carbocycles. The molecule has 0 aliphatic carbocycles. The number of aryl methyl sites for hydroxylation is 1. The van der Waals surface area contributed by atoms with Crippen LogP contribution in [0.15, 0.2) is 48.5 Å². The van der Waals surface area contributed by atoms with E-state index < -0.39 is 0 Å². The van der Waals surface area contributed by atoms with Gasteiger partial charge in [0.25, 0.3) is 5.91 Å². The van der Waals surface area contributed by atoms with Crippen LogP contribution in [0.2, 0.25) is 5.02 Å². The van der Waals surface area contributed by atoms with Crippen molar-refractivity contribution in [3.63, 3.8) is 0 Å². The lowest BCUT2D eigenvalue weighted by Gasteiger charge is -2.12. The Hall–Kier alpha value is -2.50. The number of nitrogens with one attached hydrogen (secondary N) is 1. The molecule has 0 saturated carbocycles. The minimum absolute atomic E-state index is 0.183. The van der Waals surface area contributed by atoms with Crippen LogP contribution in [0.5, 0.6) is 5.75 Å². The van der Waals surface area contributed by atoms with Gasteiger partial charge in [-0.3, -0.25) is 4.79 Å². The lowest BCUT2D eigenvalue weighted by atomic mass is 10.2. The molecule has 1 aromatic heterocycles. The molecule has 27 heavy (non-hydrogen) atoms. The molecule has 1 N–H and O–H groups in total. The first-order valence-electron chi connectivity index (χ1n) is 9.01. The number of fused-ring (bicyclic) bond motifs is 1. The van der Waals surface area contributed by atoms with Crippen LogP contribution in [-0.2, 0) is 11.8 Å². The van der Waals surface area contributed by atoms with Gasteiger partial charge in [-0.05, 0) is 49.2 Å². The van der Waals surface area contributed by atoms with Gasteiger partial charge in [0, 0.05) is 24.7 Å². The molecule has 0 spiro atoms. The Kier molecular flexibility index (Phi) is 5.05. The van der Waals surface area contributed by atoms with Crippen molar-refractivity contribution in [2.24, 2.45) is 7.05 Å². The summed E-state index contributed by atoms with van der Waals surface area (Å²) in [7, 11) is 1.84. The molecule has 4 rings (SSSR count). The molecule has 5 nitrogen and oxygen atoms in total. The van der Waals surface area contributed by atoms with E-state index in [2.05, 4.69) is 5.32 Å². The fraction of sp³-hybridized carbons (Fsp3) is 0.286. The van der Waals surface area contributed by atoms with E-state index in [4.69, 9.17) is 21.1 Å². The van der Waals surface area contributed by atoms with Gasteiger partial charge in [0.15, 0.2) is 0 Å². The molecule has 1 aliphatic rings. The molecule has 3 aromatic rings. The predicted molar refractivity (Wildman–Crippen MR) is 107 cm³/mol. The number of carbonyl (C=O) groups is 1. The minimum Gasteiger partial charge on any atom is -0.491 e. The third-order valence-electron chi connectivity index (χ3n) is 4.81. The zero-order valence-electron chi connectivity index (χ0n) is 15.1. The third kappa shape index (κ3) is 3.80. The highest BCUT2D eigenvalue weighted by atomic mass is 35.5. The summed E-state index contributed by atoms with van der Waals surface area (Å²) in [6.07, 6.45) is 2.32. The summed E-state index contributed by atoms with van der Waals surface area (Å²) < 4.78 is 13.1. The zero-order valence-corrected chi connectivity index (χ0v) is 15.8. The molecular formula is C21H21ClN2O3. The molecule has 1 saturated heterocycles. The van der Waals surface area contributed by atoms with E-state index in [0.717, 1.165) is 36.1 Å². The van der Waals surface area contributed by atoms with Crippen LogP contribution >= 0.6 is 11.6 Å². The number of hydrogen-bond donors (Lipinski definition) is 1. The summed E-state index contributed by atoms with van der Waals surface area (Å²) in [4.78, 5) is 12.7. The molecule has 1 atom stereocenters. The SMILES string of the molecule is Cn1c(C(=O)Nc2ccc(OCC3CCCO3)cc2)cc2cccc(Cl)c21. The quantitative estimate of drug-likeness (QED) is 0.697. The van der Waals surface area contributed by atoms with E-state index in [1.165, 1.54) is 0 Å². The summed E-state index contributed by atoms with van der Waals surface area (Å²) in [5.41, 5.74) is 2.11. The van der Waals surface area contributed by atoms with Crippen LogP contribution in [0.3, 0.4) is 0 Å². The Bertz CT molecular complexity index is 959. The maximum absolute atomic E-state index is 12.7. The summed E-state index contributed by atoms with van der Waals surface area (Å²) in [6.45, 7) is 1.38. The minimum atomic E-state index is -0.183. The van der Waals surface area contributed by atoms with E-state index in [0.29, 0.717) is 23.0 Å². The highest BCUT2D eigenvalue weighted by Gasteiger charge is 2.17. The number of rotatable bonds is 5. The van der Waals surface area contributed by atoms with Crippen molar-refractivity contribution in [1.82, 2.24) is 4.57 Å². The molecule has 1 fully saturated rings. The first-order valence-corrected chi connectivity index (χ1v) is 9.39. The normalized spacial score (nSPS) is 16.6. The average Bonchev–Trinajstić information content (AvgIpc) is 3.30. The molecule has 1 amide bonds. The van der Waals surface area contributed by atoms with Gasteiger partial charge in [0.05, 0.1) is 16.6 Å². The number of benzene rings is 2. The van der Waals surface area contributed by atoms with Crippen LogP contribution in [-0.4, -0.2) is 29.8 Å². The standard InChI is InChI=1S/C21H21ClN2O3/c1-24-19(12-14-4-2-6-18(22)20(14)24)21(25)23-15-7-9-16(10-8-15)27-13-17-5-3-11-26-17/h2,4,6-10,12,17H,3,5,11,13H2,1H3,(H,23,25). The van der Waals surface area contributed by atoms with Crippen molar-refractivity contribution >= 4 is 34.1 Å². The highest BCUT2D eigenvalue weighted by molar-refractivity contribution is 6.35. The molecule has 140 valence electrons. The van der Waals surface area contributed by atoms with Gasteiger partial charge in [-0.15, -0.1) is 0 Å². The lowest BCUT2D eigenvalue weighted by Crippen LogP contribution is -2.16. The predicted octanol–water partition coefficient (Wildman–Crippen LogP) is 4.64. The number of para-hydroxylation sites is 1. The average molecular weight is 385 g/mol. The summed E-state index contributed by atoms with van der Waals surface area (Å²) in [5.74, 6) is 0.581. The Balaban J connectivity index is 1.43. The molecule has 0 bridgehead atoms. The second kappa shape index (κ2) is 7.62. The Labute approximate surface area is 162 Å². The summed E-state index contributed by atoms with van der Waals surface area (Å²) >= 11 is 6.26. The van der Waals surface area contributed by atoms with Gasteiger partial charge < -0.3 is 19.4 Å². The second-order valence-electron chi connectivity index (χ2n) is 6.69. The van der Waals surface area contributed by atoms with Gasteiger partial charge in [-0.1, -0.05) is 23.7 Å². The van der Waals surface area contributed by atoms with E-state index >= 15 is 0 Å². The fourth-order valence-corrected chi connectivity index (χ4v) is 3.69. The maximum Gasteiger partial charge on any atom is 0.272 e. The number of aromatic nitrogens is 1. The molecule has 1 aliphatic heterocycles. The first kappa shape index (κ1) is 17.9. The Morgan fingerprint density at radius 2 is 2.11 bits per heavy atom. The van der Waals surface area contributed by atoms with Crippen molar-refractivity contribution in [1.29, 1.82) is 0 Å². The number of amides is 1. The van der Waals surface area contributed by atoms with E-state index in [9.17, 15) is 4.79 Å². The molecule has 1 unspecified atom stereocenters. The van der Waals surface area contributed by atoms with Crippen molar-refractivity contribution in [3.8, 4) is 5.75 Å². The van der Waals surface area contributed by atoms with Crippen LogP contribution in [0.4, 0.5) is 5.69 Å². The van der Waals surface area contributed by atoms with Crippen LogP contribution in [0.25, 0.3) is 10.9 Å². The second-order valence-corrected chi connectivity index (χ2v) is 7.10. The first-order chi connectivity index (χ1) is 13.1. The van der Waals surface area contributed by atoms with Crippen molar-refractivity contribution in [2.45, 2.75) is 18.9 Å². The molecule has 2 heterocycles. The van der Waals surface area contributed by atoms with Gasteiger partial charge in [-0.25, -0.2) is 0 Å². The van der Waals surface area contributed by atoms with Gasteiger partial charge in [-0.2, -0.15) is 0 Å². The topological polar surface area (TPSA) is 52.5 Å². The van der Waals surface area contributed by atoms with Crippen molar-refractivity contribution < 1.29 is 14.3 Å². The maximum atomic E-state index is 12.7. The summed E-state index contributed by atoms with van der Waals surface area (Å²) in [5, 5.41) is 4.49. The fourth-order valence-electron chi connectivity index (χ4n) is 3.38. The van der Waals surface area contributed by atoms with E-state index in [-0.39, 0.29) is 12.0 Å². The number of anilines is 1. The molecule has 0 radical (unpaired) electrons. The Morgan fingerprint density at radius 3 is 2.81 bits per heavy atom. The van der Waals surface area contributed by atoms with Crippen LogP contribution < -0.4 is 10.1 Å². The highest BCUT2D eigenvalue weighted by Crippen LogP contribution is 2.27. The van der Waals surface area contributed by atoms with Gasteiger partial charge in [0.2, 0.25) is 0 Å². The lowest BCUT2D eigenvalue weighted by molar-refractivity contribution is 0.0679. The third-order valence-corrected chi connectivity index (χ3v) is 5.12. The number of halogens is 1. The Morgan fingerprint density at radius 1 is 1.30 bits per heavy atom. The van der Waals surface area contributed by atoms with Crippen LogP contribution in [0, 0.1) is 0 Å². The van der Waals surface area contributed by atoms with Crippen LogP contribution in [0.1, 0.15) is 23.3 Å². The number of nitrogens with zero attached hydrogens (tertiary/aromatic N) is 1. The number of carbonyl (C=O) groups excluding carboxylic acids is 1. The molecule has 6 heteroatoms. The number of hydrogen-bond acceptors (Lipinski definition) is 3. The smallest absolute Gasteiger partial charge is 0.272 e. The summed E-state index contributed by atoms with van der Waals surface area (Å²) in [6, 6.07) is 14.8. The van der Waals surface area contributed by atoms with E-state index in [1.54, 1.807) is 0 Å². The van der Waals surface area contributed by atoms with Crippen molar-refractivity contribution in [3.05, 3.63) is 59.2 Å². The largest absolute Gasteiger partial charge is 0.491 e. The monoisotopic (exact) mass is 384 g/mol. The zero-order chi connectivity index (χ0) is 18.8. The molecular weight excluding hydrogens is 364 g/mol. The van der Waals surface area contributed by atoms with Gasteiger partial charge >= 0.3 is 0 Å².